The van der Waals surface area contributed by atoms with Crippen LogP contribution in [0.3, 0.4) is 0 Å². The summed E-state index contributed by atoms with van der Waals surface area (Å²) in [6.45, 7) is 11.7. The van der Waals surface area contributed by atoms with Gasteiger partial charge in [-0.3, -0.25) is 0 Å². The van der Waals surface area contributed by atoms with Crippen LogP contribution in [-0.4, -0.2) is 39.0 Å². The van der Waals surface area contributed by atoms with Crippen LogP contribution in [0.5, 0.6) is 0 Å². The molecule has 2 aromatic rings. The fraction of sp³-hybridized carbons (Fsp3) is 0.368. The number of piperazine rings is 1. The van der Waals surface area contributed by atoms with Gasteiger partial charge in [-0.25, -0.2) is 0 Å². The van der Waals surface area contributed by atoms with E-state index in [-0.39, 0.29) is 0 Å². The van der Waals surface area contributed by atoms with Crippen LogP contribution in [0.15, 0.2) is 54.6 Å². The molecule has 1 aliphatic heterocycles. The second-order valence-corrected chi connectivity index (χ2v) is 11.1. The van der Waals surface area contributed by atoms with E-state index in [0.717, 1.165) is 13.1 Å². The van der Waals surface area contributed by atoms with Crippen molar-refractivity contribution in [2.24, 2.45) is 0 Å². The van der Waals surface area contributed by atoms with Crippen molar-refractivity contribution in [2.75, 3.05) is 31.1 Å². The molecule has 1 heterocycles. The lowest BCUT2D eigenvalue weighted by Gasteiger charge is -2.44. The van der Waals surface area contributed by atoms with E-state index >= 15 is 0 Å². The number of anilines is 1. The molecule has 0 amide bonds. The second kappa shape index (κ2) is 6.27. The van der Waals surface area contributed by atoms with Crippen LogP contribution in [0.25, 0.3) is 0 Å². The molecule has 0 radical (unpaired) electrons. The van der Waals surface area contributed by atoms with Gasteiger partial charge in [0.15, 0.2) is 8.24 Å². The summed E-state index contributed by atoms with van der Waals surface area (Å²) in [5.41, 5.74) is 2.70. The van der Waals surface area contributed by atoms with Crippen molar-refractivity contribution in [3.8, 4) is 0 Å². The van der Waals surface area contributed by atoms with Crippen LogP contribution >= 0.6 is 0 Å². The summed E-state index contributed by atoms with van der Waals surface area (Å²) in [5, 5.41) is 1.54. The highest BCUT2D eigenvalue weighted by Gasteiger charge is 2.33. The molecule has 3 heteroatoms. The minimum atomic E-state index is -1.51. The number of nitrogens with zero attached hydrogens (tertiary/aromatic N) is 2. The van der Waals surface area contributed by atoms with Gasteiger partial charge in [0.1, 0.15) is 0 Å². The highest BCUT2D eigenvalue weighted by atomic mass is 28.3. The van der Waals surface area contributed by atoms with Gasteiger partial charge in [0, 0.05) is 31.9 Å². The average Bonchev–Trinajstić information content (AvgIpc) is 2.56. The van der Waals surface area contributed by atoms with Gasteiger partial charge in [0.25, 0.3) is 0 Å². The summed E-state index contributed by atoms with van der Waals surface area (Å²) >= 11 is 0. The van der Waals surface area contributed by atoms with E-state index < -0.39 is 8.24 Å². The predicted octanol–water partition coefficient (Wildman–Crippen LogP) is 3.23. The third-order valence-corrected chi connectivity index (χ3v) is 8.72. The van der Waals surface area contributed by atoms with Crippen molar-refractivity contribution < 1.29 is 0 Å². The topological polar surface area (TPSA) is 6.48 Å². The molecule has 0 N–H and O–H groups in total. The Morgan fingerprint density at radius 1 is 0.773 bits per heavy atom. The lowest BCUT2D eigenvalue weighted by molar-refractivity contribution is 0.392. The fourth-order valence-corrected chi connectivity index (χ4v) is 6.00. The Morgan fingerprint density at radius 3 is 1.95 bits per heavy atom. The third-order valence-electron chi connectivity index (χ3n) is 4.95. The SMILES string of the molecule is Cc1ccc(N2CCN([Si](C)(C)c3ccccc3)CC2)cc1. The van der Waals surface area contributed by atoms with Crippen LogP contribution in [0.1, 0.15) is 5.56 Å². The lowest BCUT2D eigenvalue weighted by Crippen LogP contribution is -2.63. The van der Waals surface area contributed by atoms with Gasteiger partial charge in [-0.05, 0) is 24.2 Å². The molecule has 116 valence electrons. The Bertz CT molecular complexity index is 599. The van der Waals surface area contributed by atoms with E-state index in [2.05, 4.69) is 84.1 Å². The third kappa shape index (κ3) is 3.11. The molecule has 0 unspecified atom stereocenters. The number of benzene rings is 2. The quantitative estimate of drug-likeness (QED) is 0.803. The van der Waals surface area contributed by atoms with E-state index in [1.807, 2.05) is 0 Å². The smallest absolute Gasteiger partial charge is 0.154 e. The van der Waals surface area contributed by atoms with Crippen LogP contribution in [0, 0.1) is 6.92 Å². The number of hydrogen-bond donors (Lipinski definition) is 0. The Morgan fingerprint density at radius 2 is 1.36 bits per heavy atom. The zero-order valence-corrected chi connectivity index (χ0v) is 14.9. The van der Waals surface area contributed by atoms with E-state index in [9.17, 15) is 0 Å². The Kier molecular flexibility index (Phi) is 4.36. The first-order chi connectivity index (χ1) is 10.6. The number of hydrogen-bond acceptors (Lipinski definition) is 2. The molecule has 0 saturated carbocycles. The van der Waals surface area contributed by atoms with Gasteiger partial charge in [0.05, 0.1) is 0 Å². The minimum absolute atomic E-state index is 1.13. The first-order valence-corrected chi connectivity index (χ1v) is 11.1. The Hall–Kier alpha value is -1.58. The molecule has 22 heavy (non-hydrogen) atoms. The summed E-state index contributed by atoms with van der Waals surface area (Å²) in [6.07, 6.45) is 0. The summed E-state index contributed by atoms with van der Waals surface area (Å²) in [5.74, 6) is 0. The van der Waals surface area contributed by atoms with Gasteiger partial charge in [0.2, 0.25) is 0 Å². The first-order valence-electron chi connectivity index (χ1n) is 8.19. The monoisotopic (exact) mass is 310 g/mol. The van der Waals surface area contributed by atoms with Crippen LogP contribution in [-0.2, 0) is 0 Å². The minimum Gasteiger partial charge on any atom is -0.369 e. The van der Waals surface area contributed by atoms with Crippen LogP contribution < -0.4 is 10.1 Å². The normalized spacial score (nSPS) is 16.8. The second-order valence-electron chi connectivity index (χ2n) is 6.73. The van der Waals surface area contributed by atoms with Gasteiger partial charge in [-0.1, -0.05) is 61.1 Å². The highest BCUT2D eigenvalue weighted by Crippen LogP contribution is 2.20. The molecule has 0 atom stereocenters. The molecule has 0 aromatic heterocycles. The summed E-state index contributed by atoms with van der Waals surface area (Å²) in [6, 6.07) is 20.0. The average molecular weight is 311 g/mol. The number of rotatable bonds is 3. The maximum atomic E-state index is 2.74. The first kappa shape index (κ1) is 15.3. The van der Waals surface area contributed by atoms with Crippen molar-refractivity contribution in [3.05, 3.63) is 60.2 Å². The van der Waals surface area contributed by atoms with Crippen molar-refractivity contribution >= 4 is 19.1 Å². The van der Waals surface area contributed by atoms with E-state index in [1.54, 1.807) is 5.19 Å². The molecular weight excluding hydrogens is 284 g/mol. The molecule has 2 nitrogen and oxygen atoms in total. The van der Waals surface area contributed by atoms with Gasteiger partial charge < -0.3 is 9.47 Å². The van der Waals surface area contributed by atoms with Crippen molar-refractivity contribution in [1.82, 2.24) is 4.57 Å². The molecule has 2 aromatic carbocycles. The molecular formula is C19H26N2Si. The summed E-state index contributed by atoms with van der Waals surface area (Å²) < 4.78 is 2.74. The van der Waals surface area contributed by atoms with Crippen molar-refractivity contribution in [1.29, 1.82) is 0 Å². The van der Waals surface area contributed by atoms with Crippen LogP contribution in [0.4, 0.5) is 5.69 Å². The van der Waals surface area contributed by atoms with Gasteiger partial charge >= 0.3 is 0 Å². The zero-order valence-electron chi connectivity index (χ0n) is 13.9. The maximum absolute atomic E-state index is 2.74. The highest BCUT2D eigenvalue weighted by molar-refractivity contribution is 6.87. The lowest BCUT2D eigenvalue weighted by atomic mass is 10.2. The van der Waals surface area contributed by atoms with E-state index in [0.29, 0.717) is 0 Å². The van der Waals surface area contributed by atoms with Gasteiger partial charge in [-0.2, -0.15) is 0 Å². The van der Waals surface area contributed by atoms with Crippen molar-refractivity contribution in [3.63, 3.8) is 0 Å². The molecule has 1 fully saturated rings. The largest absolute Gasteiger partial charge is 0.369 e. The van der Waals surface area contributed by atoms with E-state index in [1.165, 1.54) is 24.3 Å². The zero-order chi connectivity index (χ0) is 15.6. The molecule has 1 saturated heterocycles. The standard InChI is InChI=1S/C19H26N2Si/c1-17-9-11-18(12-10-17)20-13-15-21(16-14-20)22(2,3)19-7-5-4-6-8-19/h4-12H,13-16H2,1-3H3. The predicted molar refractivity (Wildman–Crippen MR) is 98.5 cm³/mol. The maximum Gasteiger partial charge on any atom is 0.154 e. The molecule has 3 rings (SSSR count). The summed E-state index contributed by atoms with van der Waals surface area (Å²) in [4.78, 5) is 2.52. The van der Waals surface area contributed by atoms with Crippen LogP contribution in [0.2, 0.25) is 13.1 Å². The molecule has 0 spiro atoms. The van der Waals surface area contributed by atoms with Crippen molar-refractivity contribution in [2.45, 2.75) is 20.0 Å². The van der Waals surface area contributed by atoms with E-state index in [4.69, 9.17) is 0 Å². The molecule has 0 aliphatic carbocycles. The summed E-state index contributed by atoms with van der Waals surface area (Å²) in [7, 11) is -1.51. The number of aryl methyl sites for hydroxylation is 1. The molecule has 0 bridgehead atoms. The Labute approximate surface area is 135 Å². The fourth-order valence-electron chi connectivity index (χ4n) is 3.31. The molecule has 1 aliphatic rings. The Balaban J connectivity index is 1.67. The van der Waals surface area contributed by atoms with Gasteiger partial charge in [-0.15, -0.1) is 0 Å².